The van der Waals surface area contributed by atoms with Gasteiger partial charge in [0.15, 0.2) is 0 Å². The zero-order chi connectivity index (χ0) is 19.8. The molecule has 1 saturated heterocycles. The lowest BCUT2D eigenvalue weighted by Gasteiger charge is -2.34. The van der Waals surface area contributed by atoms with Crippen LogP contribution >= 0.6 is 0 Å². The molecule has 6 nitrogen and oxygen atoms in total. The van der Waals surface area contributed by atoms with Gasteiger partial charge in [0.2, 0.25) is 0 Å². The zero-order valence-electron chi connectivity index (χ0n) is 16.7. The Morgan fingerprint density at radius 2 is 1.54 bits per heavy atom. The molecule has 28 heavy (non-hydrogen) atoms. The quantitative estimate of drug-likeness (QED) is 0.758. The van der Waals surface area contributed by atoms with E-state index in [2.05, 4.69) is 45.4 Å². The van der Waals surface area contributed by atoms with E-state index in [0.29, 0.717) is 23.6 Å². The topological polar surface area (TPSA) is 54.0 Å². The Bertz CT molecular complexity index is 737. The van der Waals surface area contributed by atoms with E-state index in [-0.39, 0.29) is 5.91 Å². The largest absolute Gasteiger partial charge is 0.497 e. The number of carbonyl (C=O) groups is 1. The van der Waals surface area contributed by atoms with E-state index in [1.54, 1.807) is 32.4 Å². The second-order valence-corrected chi connectivity index (χ2v) is 6.96. The van der Waals surface area contributed by atoms with Gasteiger partial charge in [0.25, 0.3) is 5.91 Å². The lowest BCUT2D eigenvalue weighted by Crippen LogP contribution is -2.48. The van der Waals surface area contributed by atoms with Crippen LogP contribution in [0.3, 0.4) is 0 Å². The van der Waals surface area contributed by atoms with Crippen LogP contribution in [0.2, 0.25) is 0 Å². The lowest BCUT2D eigenvalue weighted by atomic mass is 10.2. The van der Waals surface area contributed by atoms with Crippen molar-refractivity contribution in [3.05, 3.63) is 59.7 Å². The van der Waals surface area contributed by atoms with E-state index in [9.17, 15) is 4.79 Å². The molecule has 1 N–H and O–H groups in total. The van der Waals surface area contributed by atoms with Crippen LogP contribution in [-0.4, -0.2) is 69.2 Å². The highest BCUT2D eigenvalue weighted by Crippen LogP contribution is 2.22. The number of piperazine rings is 1. The highest BCUT2D eigenvalue weighted by atomic mass is 16.5. The second kappa shape index (κ2) is 10.1. The molecule has 0 aliphatic carbocycles. The Balaban J connectivity index is 1.40. The fourth-order valence-corrected chi connectivity index (χ4v) is 3.38. The van der Waals surface area contributed by atoms with Gasteiger partial charge in [-0.2, -0.15) is 0 Å². The number of carbonyl (C=O) groups excluding carboxylic acids is 1. The predicted octanol–water partition coefficient (Wildman–Crippen LogP) is 2.25. The van der Waals surface area contributed by atoms with Crippen LogP contribution in [0.5, 0.6) is 11.5 Å². The van der Waals surface area contributed by atoms with Crippen LogP contribution in [0.1, 0.15) is 15.9 Å². The molecular formula is C22H29N3O3. The van der Waals surface area contributed by atoms with Crippen molar-refractivity contribution in [1.82, 2.24) is 15.1 Å². The number of rotatable bonds is 8. The molecule has 3 rings (SSSR count). The Morgan fingerprint density at radius 1 is 0.929 bits per heavy atom. The van der Waals surface area contributed by atoms with E-state index < -0.39 is 0 Å². The van der Waals surface area contributed by atoms with Crippen molar-refractivity contribution in [3.63, 3.8) is 0 Å². The molecule has 0 spiro atoms. The third-order valence-electron chi connectivity index (χ3n) is 5.04. The lowest BCUT2D eigenvalue weighted by molar-refractivity contribution is 0.0933. The molecule has 1 amide bonds. The van der Waals surface area contributed by atoms with Crippen molar-refractivity contribution in [1.29, 1.82) is 0 Å². The van der Waals surface area contributed by atoms with Crippen LogP contribution in [0.15, 0.2) is 48.5 Å². The van der Waals surface area contributed by atoms with Gasteiger partial charge in [0.1, 0.15) is 11.5 Å². The fraction of sp³-hybridized carbons (Fsp3) is 0.409. The number of nitrogens with one attached hydrogen (secondary N) is 1. The minimum atomic E-state index is -0.111. The standard InChI is InChI=1S/C22H29N3O3/c1-27-20-14-19(15-21(16-20)28-2)22(26)23-8-9-24-10-12-25(13-11-24)17-18-6-4-3-5-7-18/h3-7,14-16H,8-13,17H2,1-2H3,(H,23,26). The monoisotopic (exact) mass is 383 g/mol. The molecule has 1 aliphatic rings. The molecular weight excluding hydrogens is 354 g/mol. The summed E-state index contributed by atoms with van der Waals surface area (Å²) in [5, 5.41) is 2.99. The summed E-state index contributed by atoms with van der Waals surface area (Å²) in [7, 11) is 3.15. The van der Waals surface area contributed by atoms with E-state index >= 15 is 0 Å². The van der Waals surface area contributed by atoms with Crippen LogP contribution in [0.4, 0.5) is 0 Å². The van der Waals surface area contributed by atoms with Crippen molar-refractivity contribution in [3.8, 4) is 11.5 Å². The molecule has 0 radical (unpaired) electrons. The molecule has 1 aliphatic heterocycles. The minimum Gasteiger partial charge on any atom is -0.497 e. The molecule has 0 aromatic heterocycles. The van der Waals surface area contributed by atoms with Crippen LogP contribution in [0, 0.1) is 0 Å². The van der Waals surface area contributed by atoms with E-state index in [0.717, 1.165) is 39.3 Å². The van der Waals surface area contributed by atoms with E-state index in [1.807, 2.05) is 0 Å². The van der Waals surface area contributed by atoms with Gasteiger partial charge < -0.3 is 14.8 Å². The molecule has 0 bridgehead atoms. The first-order chi connectivity index (χ1) is 13.7. The van der Waals surface area contributed by atoms with Crippen LogP contribution < -0.4 is 14.8 Å². The SMILES string of the molecule is COc1cc(OC)cc(C(=O)NCCN2CCN(Cc3ccccc3)CC2)c1. The number of hydrogen-bond acceptors (Lipinski definition) is 5. The van der Waals surface area contributed by atoms with Gasteiger partial charge >= 0.3 is 0 Å². The van der Waals surface area contributed by atoms with Gasteiger partial charge in [0, 0.05) is 57.4 Å². The van der Waals surface area contributed by atoms with E-state index in [1.165, 1.54) is 5.56 Å². The number of methoxy groups -OCH3 is 2. The second-order valence-electron chi connectivity index (χ2n) is 6.96. The molecule has 2 aromatic carbocycles. The fourth-order valence-electron chi connectivity index (χ4n) is 3.38. The maximum Gasteiger partial charge on any atom is 0.251 e. The first-order valence-electron chi connectivity index (χ1n) is 9.68. The molecule has 6 heteroatoms. The first kappa shape index (κ1) is 20.2. The Morgan fingerprint density at radius 3 is 2.14 bits per heavy atom. The Labute approximate surface area is 167 Å². The summed E-state index contributed by atoms with van der Waals surface area (Å²) in [5.41, 5.74) is 1.90. The summed E-state index contributed by atoms with van der Waals surface area (Å²) in [6.45, 7) is 6.63. The van der Waals surface area contributed by atoms with Crippen molar-refractivity contribution in [2.75, 3.05) is 53.5 Å². The van der Waals surface area contributed by atoms with Crippen LogP contribution in [-0.2, 0) is 6.54 Å². The molecule has 0 unspecified atom stereocenters. The average molecular weight is 383 g/mol. The van der Waals surface area contributed by atoms with Gasteiger partial charge in [0.05, 0.1) is 14.2 Å². The molecule has 0 atom stereocenters. The minimum absolute atomic E-state index is 0.111. The average Bonchev–Trinajstić information content (AvgIpc) is 2.75. The summed E-state index contributed by atoms with van der Waals surface area (Å²) >= 11 is 0. The zero-order valence-corrected chi connectivity index (χ0v) is 16.7. The molecule has 0 saturated carbocycles. The van der Waals surface area contributed by atoms with Crippen molar-refractivity contribution in [2.45, 2.75) is 6.54 Å². The summed E-state index contributed by atoms with van der Waals surface area (Å²) < 4.78 is 10.5. The smallest absolute Gasteiger partial charge is 0.251 e. The number of amides is 1. The third-order valence-corrected chi connectivity index (χ3v) is 5.04. The van der Waals surface area contributed by atoms with Gasteiger partial charge in [-0.25, -0.2) is 0 Å². The third kappa shape index (κ3) is 5.71. The Kier molecular flexibility index (Phi) is 7.28. The normalized spacial score (nSPS) is 15.2. The number of hydrogen-bond donors (Lipinski definition) is 1. The molecule has 2 aromatic rings. The first-order valence-corrected chi connectivity index (χ1v) is 9.68. The summed E-state index contributed by atoms with van der Waals surface area (Å²) in [6, 6.07) is 15.8. The molecule has 1 fully saturated rings. The van der Waals surface area contributed by atoms with Gasteiger partial charge in [-0.05, 0) is 17.7 Å². The summed E-state index contributed by atoms with van der Waals surface area (Å²) in [5.74, 6) is 1.11. The maximum atomic E-state index is 12.4. The van der Waals surface area contributed by atoms with Crippen molar-refractivity contribution in [2.24, 2.45) is 0 Å². The van der Waals surface area contributed by atoms with Crippen molar-refractivity contribution >= 4 is 5.91 Å². The summed E-state index contributed by atoms with van der Waals surface area (Å²) in [6.07, 6.45) is 0. The highest BCUT2D eigenvalue weighted by Gasteiger charge is 2.17. The summed E-state index contributed by atoms with van der Waals surface area (Å²) in [4.78, 5) is 17.3. The van der Waals surface area contributed by atoms with Gasteiger partial charge in [-0.15, -0.1) is 0 Å². The maximum absolute atomic E-state index is 12.4. The number of ether oxygens (including phenoxy) is 2. The van der Waals surface area contributed by atoms with Gasteiger partial charge in [-0.1, -0.05) is 30.3 Å². The Hall–Kier alpha value is -2.57. The molecule has 1 heterocycles. The van der Waals surface area contributed by atoms with Crippen LogP contribution in [0.25, 0.3) is 0 Å². The highest BCUT2D eigenvalue weighted by molar-refractivity contribution is 5.95. The van der Waals surface area contributed by atoms with E-state index in [4.69, 9.17) is 9.47 Å². The van der Waals surface area contributed by atoms with Crippen molar-refractivity contribution < 1.29 is 14.3 Å². The predicted molar refractivity (Wildman–Crippen MR) is 110 cm³/mol. The van der Waals surface area contributed by atoms with Gasteiger partial charge in [-0.3, -0.25) is 14.6 Å². The number of benzene rings is 2. The number of nitrogens with zero attached hydrogens (tertiary/aromatic N) is 2. The molecule has 150 valence electrons.